The second-order valence-corrected chi connectivity index (χ2v) is 9.82. The standard InChI is InChI=1S/C22H39NO6/c1-5-6-11-23-12-16(24)13-25-19-15(3)18-8-7-14(2)17-9-10-21(4)27-20(26-19)22(17,18)29-28-21/h14-20,23-24H,5-13H2,1-4H3/t14-,15-,16?,17+,18+,19?,20-,21+,22-/m1/s1. The van der Waals surface area contributed by atoms with Crippen LogP contribution >= 0.6 is 0 Å². The Hall–Kier alpha value is -0.280. The smallest absolute Gasteiger partial charge is 0.201 e. The molecule has 2 N–H and O–H groups in total. The molecule has 2 bridgehead atoms. The molecule has 5 rings (SSSR count). The Morgan fingerprint density at radius 3 is 2.79 bits per heavy atom. The summed E-state index contributed by atoms with van der Waals surface area (Å²) in [6.07, 6.45) is 4.83. The number of rotatable bonds is 8. The topological polar surface area (TPSA) is 78.4 Å². The van der Waals surface area contributed by atoms with Gasteiger partial charge in [0.15, 0.2) is 18.2 Å². The van der Waals surface area contributed by atoms with Crippen LogP contribution in [0.5, 0.6) is 0 Å². The van der Waals surface area contributed by atoms with E-state index < -0.39 is 30.1 Å². The molecule has 0 aromatic heterocycles. The van der Waals surface area contributed by atoms with Crippen LogP contribution in [-0.4, -0.2) is 54.9 Å². The zero-order valence-corrected chi connectivity index (χ0v) is 18.4. The fourth-order valence-electron chi connectivity index (χ4n) is 5.90. The van der Waals surface area contributed by atoms with Crippen molar-refractivity contribution in [3.8, 4) is 0 Å². The lowest BCUT2D eigenvalue weighted by atomic mass is 9.58. The van der Waals surface area contributed by atoms with Gasteiger partial charge in [0.1, 0.15) is 0 Å². The highest BCUT2D eigenvalue weighted by Crippen LogP contribution is 2.60. The van der Waals surface area contributed by atoms with Crippen LogP contribution in [-0.2, 0) is 24.0 Å². The third-order valence-corrected chi connectivity index (χ3v) is 7.64. The van der Waals surface area contributed by atoms with E-state index in [1.54, 1.807) is 0 Å². The Morgan fingerprint density at radius 1 is 1.17 bits per heavy atom. The summed E-state index contributed by atoms with van der Waals surface area (Å²) in [6.45, 7) is 10.3. The molecule has 0 aromatic carbocycles. The van der Waals surface area contributed by atoms with Crippen molar-refractivity contribution in [3.63, 3.8) is 0 Å². The predicted octanol–water partition coefficient (Wildman–Crippen LogP) is 2.96. The molecular formula is C22H39NO6. The Kier molecular flexibility index (Phi) is 6.57. The monoisotopic (exact) mass is 413 g/mol. The summed E-state index contributed by atoms with van der Waals surface area (Å²) in [5, 5.41) is 13.6. The summed E-state index contributed by atoms with van der Waals surface area (Å²) in [7, 11) is 0. The highest BCUT2D eigenvalue weighted by molar-refractivity contribution is 5.09. The third kappa shape index (κ3) is 4.00. The highest BCUT2D eigenvalue weighted by atomic mass is 17.3. The fourth-order valence-corrected chi connectivity index (χ4v) is 5.90. The molecule has 9 atom stereocenters. The quantitative estimate of drug-likeness (QED) is 0.468. The van der Waals surface area contributed by atoms with E-state index in [-0.39, 0.29) is 18.4 Å². The normalized spacial score (nSPS) is 47.5. The first-order valence-electron chi connectivity index (χ1n) is 11.6. The van der Waals surface area contributed by atoms with E-state index in [1.165, 1.54) is 6.42 Å². The number of unbranched alkanes of at least 4 members (excludes halogenated alkanes) is 1. The Balaban J connectivity index is 1.44. The first-order chi connectivity index (χ1) is 13.9. The first kappa shape index (κ1) is 21.9. The average Bonchev–Trinajstić information content (AvgIpc) is 2.93. The molecule has 7 nitrogen and oxygen atoms in total. The summed E-state index contributed by atoms with van der Waals surface area (Å²) in [6, 6.07) is 0. The molecule has 5 fully saturated rings. The van der Waals surface area contributed by atoms with Crippen LogP contribution in [0.15, 0.2) is 0 Å². The minimum atomic E-state index is -0.772. The molecule has 4 heterocycles. The largest absolute Gasteiger partial charge is 0.389 e. The lowest BCUT2D eigenvalue weighted by Crippen LogP contribution is -2.70. The minimum Gasteiger partial charge on any atom is -0.389 e. The third-order valence-electron chi connectivity index (χ3n) is 7.64. The van der Waals surface area contributed by atoms with Crippen molar-refractivity contribution < 1.29 is 29.1 Å². The second kappa shape index (κ2) is 8.69. The van der Waals surface area contributed by atoms with Crippen LogP contribution in [0.25, 0.3) is 0 Å². The summed E-state index contributed by atoms with van der Waals surface area (Å²) in [5.74, 6) is 0.509. The summed E-state index contributed by atoms with van der Waals surface area (Å²) in [5.41, 5.74) is -0.562. The van der Waals surface area contributed by atoms with Crippen molar-refractivity contribution >= 4 is 0 Å². The zero-order chi connectivity index (χ0) is 20.6. The van der Waals surface area contributed by atoms with Gasteiger partial charge in [0.25, 0.3) is 0 Å². The van der Waals surface area contributed by atoms with E-state index >= 15 is 0 Å². The Labute approximate surface area is 174 Å². The molecule has 1 spiro atoms. The maximum atomic E-state index is 10.3. The van der Waals surface area contributed by atoms with Gasteiger partial charge in [-0.3, -0.25) is 0 Å². The number of aliphatic hydroxyl groups is 1. The molecule has 168 valence electrons. The molecule has 0 radical (unpaired) electrons. The Bertz CT molecular complexity index is 563. The van der Waals surface area contributed by atoms with Gasteiger partial charge in [-0.25, -0.2) is 9.78 Å². The van der Waals surface area contributed by atoms with Crippen LogP contribution in [0, 0.1) is 23.7 Å². The molecule has 29 heavy (non-hydrogen) atoms. The molecule has 4 aliphatic heterocycles. The SMILES string of the molecule is CCCCNCC(O)COC1O[C@@H]2O[C@]3(C)CC[C@H]4[C@H](C)CC[C@@H]([C@H]1C)[C@@]24OO3. The maximum absolute atomic E-state index is 10.3. The molecule has 2 unspecified atom stereocenters. The van der Waals surface area contributed by atoms with E-state index in [2.05, 4.69) is 26.1 Å². The molecule has 0 aromatic rings. The number of hydrogen-bond acceptors (Lipinski definition) is 7. The van der Waals surface area contributed by atoms with Crippen LogP contribution in [0.2, 0.25) is 0 Å². The molecule has 1 aliphatic carbocycles. The minimum absolute atomic E-state index is 0.135. The molecule has 1 saturated carbocycles. The van der Waals surface area contributed by atoms with Gasteiger partial charge in [-0.1, -0.05) is 27.2 Å². The second-order valence-electron chi connectivity index (χ2n) is 9.82. The van der Waals surface area contributed by atoms with Crippen LogP contribution in [0.1, 0.15) is 66.2 Å². The summed E-state index contributed by atoms with van der Waals surface area (Å²) < 4.78 is 18.8. The van der Waals surface area contributed by atoms with E-state index in [0.717, 1.165) is 38.6 Å². The molecular weight excluding hydrogens is 374 g/mol. The van der Waals surface area contributed by atoms with Crippen molar-refractivity contribution in [2.24, 2.45) is 23.7 Å². The van der Waals surface area contributed by atoms with Gasteiger partial charge in [-0.15, -0.1) is 0 Å². The lowest BCUT2D eigenvalue weighted by Gasteiger charge is -2.60. The van der Waals surface area contributed by atoms with Crippen LogP contribution in [0.4, 0.5) is 0 Å². The first-order valence-corrected chi connectivity index (χ1v) is 11.6. The number of hydrogen-bond donors (Lipinski definition) is 2. The van der Waals surface area contributed by atoms with E-state index in [4.69, 9.17) is 24.0 Å². The number of fused-ring (bicyclic) bond motifs is 2. The van der Waals surface area contributed by atoms with E-state index in [9.17, 15) is 5.11 Å². The van der Waals surface area contributed by atoms with Gasteiger partial charge in [-0.2, -0.15) is 0 Å². The molecule has 0 amide bonds. The highest BCUT2D eigenvalue weighted by Gasteiger charge is 2.69. The molecule has 4 saturated heterocycles. The number of ether oxygens (including phenoxy) is 3. The average molecular weight is 414 g/mol. The van der Waals surface area contributed by atoms with Crippen molar-refractivity contribution in [2.45, 2.75) is 96.3 Å². The predicted molar refractivity (Wildman–Crippen MR) is 107 cm³/mol. The van der Waals surface area contributed by atoms with Gasteiger partial charge in [0.05, 0.1) is 12.7 Å². The maximum Gasteiger partial charge on any atom is 0.201 e. The number of aliphatic hydroxyl groups excluding tert-OH is 1. The van der Waals surface area contributed by atoms with Crippen LogP contribution < -0.4 is 5.32 Å². The van der Waals surface area contributed by atoms with E-state index in [1.807, 2.05) is 6.92 Å². The lowest BCUT2D eigenvalue weighted by molar-refractivity contribution is -0.577. The van der Waals surface area contributed by atoms with Crippen molar-refractivity contribution in [1.82, 2.24) is 5.32 Å². The van der Waals surface area contributed by atoms with Gasteiger partial charge in [0.2, 0.25) is 5.79 Å². The Morgan fingerprint density at radius 2 is 2.00 bits per heavy atom. The van der Waals surface area contributed by atoms with Gasteiger partial charge in [-0.05, 0) is 51.0 Å². The number of nitrogens with one attached hydrogen (secondary N) is 1. The van der Waals surface area contributed by atoms with Crippen molar-refractivity contribution in [1.29, 1.82) is 0 Å². The summed E-state index contributed by atoms with van der Waals surface area (Å²) >= 11 is 0. The van der Waals surface area contributed by atoms with E-state index in [0.29, 0.717) is 18.4 Å². The van der Waals surface area contributed by atoms with Gasteiger partial charge in [0, 0.05) is 24.8 Å². The van der Waals surface area contributed by atoms with Crippen molar-refractivity contribution in [2.75, 3.05) is 19.7 Å². The van der Waals surface area contributed by atoms with Crippen molar-refractivity contribution in [3.05, 3.63) is 0 Å². The zero-order valence-electron chi connectivity index (χ0n) is 18.4. The van der Waals surface area contributed by atoms with Crippen LogP contribution in [0.3, 0.4) is 0 Å². The van der Waals surface area contributed by atoms with Gasteiger partial charge < -0.3 is 24.6 Å². The molecule has 7 heteroatoms. The van der Waals surface area contributed by atoms with Gasteiger partial charge >= 0.3 is 0 Å². The molecule has 5 aliphatic rings. The fraction of sp³-hybridized carbons (Fsp3) is 1.00. The summed E-state index contributed by atoms with van der Waals surface area (Å²) in [4.78, 5) is 12.0.